The first-order valence-corrected chi connectivity index (χ1v) is 7.92. The van der Waals surface area contributed by atoms with Crippen LogP contribution in [-0.4, -0.2) is 40.1 Å². The summed E-state index contributed by atoms with van der Waals surface area (Å²) in [5.74, 6) is 0.0819. The van der Waals surface area contributed by atoms with Crippen LogP contribution in [0.3, 0.4) is 0 Å². The third-order valence-electron chi connectivity index (χ3n) is 5.04. The Labute approximate surface area is 126 Å². The van der Waals surface area contributed by atoms with Crippen molar-refractivity contribution in [1.82, 2.24) is 4.90 Å². The molecule has 1 saturated heterocycles. The second-order valence-corrected chi connectivity index (χ2v) is 6.32. The molecule has 1 amide bonds. The molecule has 1 aromatic rings. The van der Waals surface area contributed by atoms with Crippen molar-refractivity contribution in [2.24, 2.45) is 0 Å². The molecule has 0 aromatic heterocycles. The molecule has 114 valence electrons. The minimum Gasteiger partial charge on any atom is -0.386 e. The van der Waals surface area contributed by atoms with Crippen molar-refractivity contribution in [1.29, 1.82) is 0 Å². The van der Waals surface area contributed by atoms with Gasteiger partial charge in [0.25, 0.3) is 0 Å². The first-order valence-electron chi connectivity index (χ1n) is 7.92. The van der Waals surface area contributed by atoms with Crippen LogP contribution >= 0.6 is 0 Å². The molecule has 3 rings (SSSR count). The monoisotopic (exact) mass is 288 g/mol. The summed E-state index contributed by atoms with van der Waals surface area (Å²) in [5.41, 5.74) is 0.231. The maximum atomic E-state index is 11.9. The number of hydrogen-bond donors (Lipinski definition) is 2. The number of piperidine rings is 1. The number of amides is 1. The van der Waals surface area contributed by atoms with Gasteiger partial charge in [0.15, 0.2) is 0 Å². The van der Waals surface area contributed by atoms with Crippen molar-refractivity contribution in [3.05, 3.63) is 30.3 Å². The zero-order chi connectivity index (χ0) is 14.9. The lowest BCUT2D eigenvalue weighted by molar-refractivity contribution is -0.152. The highest BCUT2D eigenvalue weighted by Gasteiger charge is 2.51. The van der Waals surface area contributed by atoms with E-state index in [1.165, 1.54) is 0 Å². The fourth-order valence-corrected chi connectivity index (χ4v) is 3.98. The number of nitrogens with one attached hydrogen (secondary N) is 1. The Hall–Kier alpha value is -1.55. The summed E-state index contributed by atoms with van der Waals surface area (Å²) < 4.78 is 0. The summed E-state index contributed by atoms with van der Waals surface area (Å²) >= 11 is 0. The molecule has 4 heteroatoms. The predicted molar refractivity (Wildman–Crippen MR) is 83.1 cm³/mol. The molecule has 2 N–H and O–H groups in total. The van der Waals surface area contributed by atoms with Crippen LogP contribution in [0, 0.1) is 0 Å². The first-order chi connectivity index (χ1) is 10.1. The van der Waals surface area contributed by atoms with E-state index in [9.17, 15) is 9.90 Å². The summed E-state index contributed by atoms with van der Waals surface area (Å²) in [5, 5.41) is 14.8. The van der Waals surface area contributed by atoms with Crippen LogP contribution in [0.5, 0.6) is 0 Å². The van der Waals surface area contributed by atoms with E-state index < -0.39 is 5.60 Å². The van der Waals surface area contributed by atoms with Crippen molar-refractivity contribution in [3.63, 3.8) is 0 Å². The zero-order valence-electron chi connectivity index (χ0n) is 12.6. The number of para-hydroxylation sites is 1. The smallest absolute Gasteiger partial charge is 0.219 e. The molecule has 1 aliphatic carbocycles. The molecule has 2 aliphatic rings. The highest BCUT2D eigenvalue weighted by Crippen LogP contribution is 2.40. The number of hydrogen-bond acceptors (Lipinski definition) is 3. The van der Waals surface area contributed by atoms with E-state index in [2.05, 4.69) is 5.32 Å². The van der Waals surface area contributed by atoms with E-state index in [1.54, 1.807) is 6.92 Å². The van der Waals surface area contributed by atoms with Crippen LogP contribution in [0.25, 0.3) is 0 Å². The summed E-state index contributed by atoms with van der Waals surface area (Å²) in [6, 6.07) is 10.0. The molecule has 1 aromatic carbocycles. The lowest BCUT2D eigenvalue weighted by atomic mass is 9.71. The molecule has 0 spiro atoms. The summed E-state index contributed by atoms with van der Waals surface area (Å²) in [7, 11) is 0. The molecule has 4 nitrogen and oxygen atoms in total. The van der Waals surface area contributed by atoms with Gasteiger partial charge in [-0.1, -0.05) is 31.0 Å². The van der Waals surface area contributed by atoms with Gasteiger partial charge in [-0.05, 0) is 31.4 Å². The Bertz CT molecular complexity index is 505. The topological polar surface area (TPSA) is 52.6 Å². The Morgan fingerprint density at radius 1 is 1.29 bits per heavy atom. The molecule has 21 heavy (non-hydrogen) atoms. The number of nitrogens with zero attached hydrogens (tertiary/aromatic N) is 1. The van der Waals surface area contributed by atoms with Crippen LogP contribution in [0.1, 0.15) is 39.0 Å². The van der Waals surface area contributed by atoms with Gasteiger partial charge in [0.05, 0.1) is 12.1 Å². The van der Waals surface area contributed by atoms with E-state index in [-0.39, 0.29) is 18.0 Å². The van der Waals surface area contributed by atoms with Gasteiger partial charge in [-0.2, -0.15) is 0 Å². The molecular weight excluding hydrogens is 264 g/mol. The molecule has 1 heterocycles. The van der Waals surface area contributed by atoms with Gasteiger partial charge < -0.3 is 15.3 Å². The number of fused-ring (bicyclic) bond motifs is 1. The third kappa shape index (κ3) is 2.64. The van der Waals surface area contributed by atoms with Crippen molar-refractivity contribution >= 4 is 11.6 Å². The quantitative estimate of drug-likeness (QED) is 0.878. The van der Waals surface area contributed by atoms with Gasteiger partial charge in [0, 0.05) is 19.2 Å². The Balaban J connectivity index is 1.83. The minimum atomic E-state index is -0.808. The fraction of sp³-hybridized carbons (Fsp3) is 0.588. The van der Waals surface area contributed by atoms with E-state index in [0.29, 0.717) is 0 Å². The molecule has 2 fully saturated rings. The van der Waals surface area contributed by atoms with Gasteiger partial charge in [-0.25, -0.2) is 0 Å². The zero-order valence-corrected chi connectivity index (χ0v) is 12.6. The summed E-state index contributed by atoms with van der Waals surface area (Å²) in [6.07, 6.45) is 4.59. The minimum absolute atomic E-state index is 0.0146. The Kier molecular flexibility index (Phi) is 3.89. The summed E-state index contributed by atoms with van der Waals surface area (Å²) in [6.45, 7) is 2.34. The van der Waals surface area contributed by atoms with E-state index in [4.69, 9.17) is 0 Å². The average Bonchev–Trinajstić information content (AvgIpc) is 2.48. The van der Waals surface area contributed by atoms with E-state index >= 15 is 0 Å². The molecular formula is C17H24N2O2. The van der Waals surface area contributed by atoms with Crippen LogP contribution in [0.2, 0.25) is 0 Å². The fourth-order valence-electron chi connectivity index (χ4n) is 3.98. The highest BCUT2D eigenvalue weighted by atomic mass is 16.3. The number of benzene rings is 1. The van der Waals surface area contributed by atoms with Crippen molar-refractivity contribution in [2.45, 2.75) is 56.7 Å². The van der Waals surface area contributed by atoms with Crippen LogP contribution in [0.15, 0.2) is 30.3 Å². The van der Waals surface area contributed by atoms with Crippen molar-refractivity contribution < 1.29 is 9.90 Å². The predicted octanol–water partition coefficient (Wildman–Crippen LogP) is 2.39. The summed E-state index contributed by atoms with van der Waals surface area (Å²) in [4.78, 5) is 13.7. The van der Waals surface area contributed by atoms with Gasteiger partial charge in [-0.3, -0.25) is 4.79 Å². The number of anilines is 1. The number of aliphatic hydroxyl groups is 1. The van der Waals surface area contributed by atoms with Gasteiger partial charge in [0.1, 0.15) is 5.60 Å². The van der Waals surface area contributed by atoms with Gasteiger partial charge in [-0.15, -0.1) is 0 Å². The standard InChI is InChI=1S/C17H24N2O2/c1-13(20)19-12-10-15(18-14-7-3-2-4-8-14)17(21)11-6-5-9-16(17)19/h2-4,7-8,15-16,18,21H,5-6,9-12H2,1H3. The normalized spacial score (nSPS) is 32.4. The largest absolute Gasteiger partial charge is 0.386 e. The Morgan fingerprint density at radius 3 is 2.76 bits per heavy atom. The van der Waals surface area contributed by atoms with Crippen LogP contribution < -0.4 is 5.32 Å². The van der Waals surface area contributed by atoms with Crippen molar-refractivity contribution in [2.75, 3.05) is 11.9 Å². The van der Waals surface area contributed by atoms with Crippen LogP contribution in [-0.2, 0) is 4.79 Å². The lowest BCUT2D eigenvalue weighted by Crippen LogP contribution is -2.67. The first kappa shape index (κ1) is 14.4. The molecule has 1 aliphatic heterocycles. The number of carbonyl (C=O) groups is 1. The maximum Gasteiger partial charge on any atom is 0.219 e. The molecule has 0 radical (unpaired) electrons. The molecule has 3 unspecified atom stereocenters. The van der Waals surface area contributed by atoms with E-state index in [1.807, 2.05) is 35.2 Å². The SMILES string of the molecule is CC(=O)N1CCC(Nc2ccccc2)C2(O)CCCCC12. The highest BCUT2D eigenvalue weighted by molar-refractivity contribution is 5.74. The second kappa shape index (κ2) is 5.68. The van der Waals surface area contributed by atoms with Gasteiger partial charge >= 0.3 is 0 Å². The molecule has 0 bridgehead atoms. The number of carbonyl (C=O) groups excluding carboxylic acids is 1. The van der Waals surface area contributed by atoms with Crippen molar-refractivity contribution in [3.8, 4) is 0 Å². The number of likely N-dealkylation sites (tertiary alicyclic amines) is 1. The number of rotatable bonds is 2. The molecule has 1 saturated carbocycles. The maximum absolute atomic E-state index is 11.9. The van der Waals surface area contributed by atoms with Crippen LogP contribution in [0.4, 0.5) is 5.69 Å². The lowest BCUT2D eigenvalue weighted by Gasteiger charge is -2.53. The van der Waals surface area contributed by atoms with Gasteiger partial charge in [0.2, 0.25) is 5.91 Å². The third-order valence-corrected chi connectivity index (χ3v) is 5.04. The average molecular weight is 288 g/mol. The Morgan fingerprint density at radius 2 is 2.05 bits per heavy atom. The second-order valence-electron chi connectivity index (χ2n) is 6.32. The van der Waals surface area contributed by atoms with E-state index in [0.717, 1.165) is 44.3 Å². The molecule has 3 atom stereocenters.